The van der Waals surface area contributed by atoms with Crippen LogP contribution in [0.1, 0.15) is 5.69 Å². The van der Waals surface area contributed by atoms with Crippen LogP contribution in [0.25, 0.3) is 0 Å². The minimum absolute atomic E-state index is 0.147. The summed E-state index contributed by atoms with van der Waals surface area (Å²) in [7, 11) is -4.42. The van der Waals surface area contributed by atoms with Gasteiger partial charge < -0.3 is 10.1 Å². The predicted octanol–water partition coefficient (Wildman–Crippen LogP) is -0.740. The Kier molecular flexibility index (Phi) is 3.67. The average molecular weight is 278 g/mol. The van der Waals surface area contributed by atoms with Gasteiger partial charge in [-0.3, -0.25) is 4.21 Å². The zero-order valence-electron chi connectivity index (χ0n) is 9.13. The van der Waals surface area contributed by atoms with Crippen molar-refractivity contribution in [2.45, 2.75) is 11.5 Å². The van der Waals surface area contributed by atoms with Crippen molar-refractivity contribution in [2.75, 3.05) is 24.6 Å². The van der Waals surface area contributed by atoms with Crippen molar-refractivity contribution in [1.29, 1.82) is 0 Å². The summed E-state index contributed by atoms with van der Waals surface area (Å²) in [6, 6.07) is 1.42. The highest BCUT2D eigenvalue weighted by atomic mass is 32.2. The second-order valence-electron chi connectivity index (χ2n) is 3.77. The minimum atomic E-state index is -3.52. The summed E-state index contributed by atoms with van der Waals surface area (Å²) in [5, 5.41) is 8.88. The van der Waals surface area contributed by atoms with E-state index in [0.717, 1.165) is 0 Å². The Bertz CT molecular complexity index is 513. The van der Waals surface area contributed by atoms with E-state index in [4.69, 9.17) is 5.11 Å². The van der Waals surface area contributed by atoms with Crippen LogP contribution in [0, 0.1) is 0 Å². The summed E-state index contributed by atoms with van der Waals surface area (Å²) in [5.41, 5.74) is 0.462. The third-order valence-electron chi connectivity index (χ3n) is 2.66. The lowest BCUT2D eigenvalue weighted by Crippen LogP contribution is -2.41. The Morgan fingerprint density at radius 3 is 2.59 bits per heavy atom. The molecule has 0 atom stereocenters. The molecular weight excluding hydrogens is 264 g/mol. The molecule has 17 heavy (non-hydrogen) atoms. The second kappa shape index (κ2) is 4.89. The topological polar surface area (TPSA) is 90.5 Å². The number of aromatic amines is 1. The molecule has 96 valence electrons. The van der Waals surface area contributed by atoms with E-state index in [1.165, 1.54) is 16.6 Å². The van der Waals surface area contributed by atoms with Crippen LogP contribution >= 0.6 is 0 Å². The highest BCUT2D eigenvalue weighted by molar-refractivity contribution is 7.89. The molecule has 1 aromatic rings. The zero-order chi connectivity index (χ0) is 12.5. The summed E-state index contributed by atoms with van der Waals surface area (Å²) in [6.45, 7) is 0.350. The molecule has 0 aromatic carbocycles. The van der Waals surface area contributed by atoms with Crippen molar-refractivity contribution in [3.63, 3.8) is 0 Å². The Balaban J connectivity index is 2.21. The van der Waals surface area contributed by atoms with Gasteiger partial charge >= 0.3 is 0 Å². The fraction of sp³-hybridized carbons (Fsp3) is 0.556. The molecule has 2 heterocycles. The first-order valence-corrected chi connectivity index (χ1v) is 8.10. The highest BCUT2D eigenvalue weighted by Gasteiger charge is 2.28. The van der Waals surface area contributed by atoms with Gasteiger partial charge in [-0.25, -0.2) is 8.42 Å². The first-order chi connectivity index (χ1) is 8.04. The van der Waals surface area contributed by atoms with Crippen LogP contribution in [-0.4, -0.2) is 51.6 Å². The number of sulfonamides is 1. The lowest BCUT2D eigenvalue weighted by Gasteiger charge is -2.24. The number of H-pyrrole nitrogens is 1. The minimum Gasteiger partial charge on any atom is -0.390 e. The van der Waals surface area contributed by atoms with Gasteiger partial charge in [0.2, 0.25) is 10.0 Å². The van der Waals surface area contributed by atoms with Crippen LogP contribution < -0.4 is 0 Å². The summed E-state index contributed by atoms with van der Waals surface area (Å²) in [6.07, 6.45) is 1.37. The summed E-state index contributed by atoms with van der Waals surface area (Å²) < 4.78 is 36.8. The first kappa shape index (κ1) is 12.7. The molecule has 1 aliphatic rings. The van der Waals surface area contributed by atoms with Crippen molar-refractivity contribution in [3.05, 3.63) is 18.0 Å². The monoisotopic (exact) mass is 278 g/mol. The Morgan fingerprint density at radius 2 is 2.06 bits per heavy atom. The molecule has 1 aliphatic heterocycles. The summed E-state index contributed by atoms with van der Waals surface area (Å²) in [5.74, 6) is 0.771. The molecule has 2 rings (SSSR count). The number of nitrogens with one attached hydrogen (secondary N) is 1. The van der Waals surface area contributed by atoms with Gasteiger partial charge in [0.15, 0.2) is 0 Å². The van der Waals surface area contributed by atoms with Crippen molar-refractivity contribution < 1.29 is 17.7 Å². The predicted molar refractivity (Wildman–Crippen MR) is 63.4 cm³/mol. The van der Waals surface area contributed by atoms with Crippen LogP contribution in [0.5, 0.6) is 0 Å². The molecule has 0 amide bonds. The Labute approximate surface area is 102 Å². The van der Waals surface area contributed by atoms with E-state index in [2.05, 4.69) is 4.98 Å². The van der Waals surface area contributed by atoms with Crippen LogP contribution in [0.15, 0.2) is 17.2 Å². The largest absolute Gasteiger partial charge is 0.390 e. The summed E-state index contributed by atoms with van der Waals surface area (Å²) in [4.78, 5) is 2.84. The van der Waals surface area contributed by atoms with E-state index in [0.29, 0.717) is 17.2 Å². The molecule has 1 saturated heterocycles. The lowest BCUT2D eigenvalue weighted by molar-refractivity contribution is 0.277. The van der Waals surface area contributed by atoms with Crippen molar-refractivity contribution in [3.8, 4) is 0 Å². The molecule has 0 radical (unpaired) electrons. The van der Waals surface area contributed by atoms with Gasteiger partial charge in [0, 0.05) is 47.3 Å². The van der Waals surface area contributed by atoms with E-state index < -0.39 is 20.8 Å². The summed E-state index contributed by atoms with van der Waals surface area (Å²) >= 11 is 0. The van der Waals surface area contributed by atoms with E-state index in [-0.39, 0.29) is 24.6 Å². The zero-order valence-corrected chi connectivity index (χ0v) is 10.8. The average Bonchev–Trinajstić information content (AvgIpc) is 2.78. The van der Waals surface area contributed by atoms with E-state index >= 15 is 0 Å². The van der Waals surface area contributed by atoms with Gasteiger partial charge in [0.1, 0.15) is 0 Å². The Hall–Kier alpha value is -0.700. The number of nitrogens with zero attached hydrogens (tertiary/aromatic N) is 1. The van der Waals surface area contributed by atoms with Crippen LogP contribution in [0.4, 0.5) is 0 Å². The molecule has 1 fully saturated rings. The van der Waals surface area contributed by atoms with Gasteiger partial charge in [0.05, 0.1) is 11.5 Å². The third kappa shape index (κ3) is 2.59. The maximum absolute atomic E-state index is 12.1. The molecule has 0 spiro atoms. The normalized spacial score (nSPS) is 19.6. The van der Waals surface area contributed by atoms with Crippen LogP contribution in [0.3, 0.4) is 0 Å². The third-order valence-corrected chi connectivity index (χ3v) is 5.81. The quantitative estimate of drug-likeness (QED) is 0.762. The van der Waals surface area contributed by atoms with Gasteiger partial charge in [0.25, 0.3) is 0 Å². The fourth-order valence-electron chi connectivity index (χ4n) is 1.67. The SMILES string of the molecule is O=S1CCN(S(=O)(=O)c2c[nH]c(CO)c2)CC1. The molecular formula is C9H14N2O4S2. The lowest BCUT2D eigenvalue weighted by atomic mass is 10.5. The second-order valence-corrected chi connectivity index (χ2v) is 7.40. The van der Waals surface area contributed by atoms with Gasteiger partial charge in [-0.15, -0.1) is 0 Å². The van der Waals surface area contributed by atoms with Gasteiger partial charge in [-0.2, -0.15) is 4.31 Å². The molecule has 0 saturated carbocycles. The number of aliphatic hydroxyl groups is 1. The van der Waals surface area contributed by atoms with Crippen molar-refractivity contribution in [2.24, 2.45) is 0 Å². The molecule has 6 nitrogen and oxygen atoms in total. The number of hydrogen-bond acceptors (Lipinski definition) is 4. The number of aromatic nitrogens is 1. The molecule has 1 aromatic heterocycles. The molecule has 2 N–H and O–H groups in total. The van der Waals surface area contributed by atoms with E-state index in [1.54, 1.807) is 0 Å². The highest BCUT2D eigenvalue weighted by Crippen LogP contribution is 2.18. The van der Waals surface area contributed by atoms with Gasteiger partial charge in [-0.05, 0) is 6.07 Å². The maximum atomic E-state index is 12.1. The molecule has 0 aliphatic carbocycles. The Morgan fingerprint density at radius 1 is 1.41 bits per heavy atom. The number of rotatable bonds is 3. The van der Waals surface area contributed by atoms with E-state index in [1.807, 2.05) is 0 Å². The maximum Gasteiger partial charge on any atom is 0.244 e. The fourth-order valence-corrected chi connectivity index (χ4v) is 4.41. The van der Waals surface area contributed by atoms with Crippen molar-refractivity contribution >= 4 is 20.8 Å². The standard InChI is InChI=1S/C9H14N2O4S2/c12-7-8-5-9(6-10-8)17(14,15)11-1-3-16(13)4-2-11/h5-6,10,12H,1-4,7H2. The van der Waals surface area contributed by atoms with E-state index in [9.17, 15) is 12.6 Å². The van der Waals surface area contributed by atoms with Crippen molar-refractivity contribution in [1.82, 2.24) is 9.29 Å². The van der Waals surface area contributed by atoms with Gasteiger partial charge in [-0.1, -0.05) is 0 Å². The smallest absolute Gasteiger partial charge is 0.244 e. The number of aliphatic hydroxyl groups excluding tert-OH is 1. The molecule has 8 heteroatoms. The van der Waals surface area contributed by atoms with Crippen LogP contribution in [0.2, 0.25) is 0 Å². The van der Waals surface area contributed by atoms with Crippen LogP contribution in [-0.2, 0) is 27.4 Å². The molecule has 0 unspecified atom stereocenters. The molecule has 0 bridgehead atoms. The number of hydrogen-bond donors (Lipinski definition) is 2. The first-order valence-electron chi connectivity index (χ1n) is 5.17.